The number of hydrogen-bond acceptors (Lipinski definition) is 4. The topological polar surface area (TPSA) is 70.7 Å². The van der Waals surface area contributed by atoms with Crippen LogP contribution in [-0.4, -0.2) is 55.1 Å². The lowest BCUT2D eigenvalue weighted by atomic mass is 9.97. The van der Waals surface area contributed by atoms with E-state index >= 15 is 0 Å². The van der Waals surface area contributed by atoms with E-state index in [1.165, 1.54) is 0 Å². The van der Waals surface area contributed by atoms with E-state index in [1.54, 1.807) is 24.3 Å². The molecule has 2 unspecified atom stereocenters. The number of ether oxygens (including phenoxy) is 1. The summed E-state index contributed by atoms with van der Waals surface area (Å²) in [6, 6.07) is 7.18. The quantitative estimate of drug-likeness (QED) is 0.877. The third-order valence-electron chi connectivity index (χ3n) is 4.82. The van der Waals surface area contributed by atoms with E-state index < -0.39 is 0 Å². The monoisotopic (exact) mass is 345 g/mol. The normalized spacial score (nSPS) is 24.8. The minimum absolute atomic E-state index is 0.0123. The predicted molar refractivity (Wildman–Crippen MR) is 96.6 cm³/mol. The number of nitrogens with zero attached hydrogens (tertiary/aromatic N) is 1. The number of anilines is 1. The van der Waals surface area contributed by atoms with Crippen molar-refractivity contribution in [3.05, 3.63) is 29.8 Å². The Labute approximate surface area is 148 Å². The highest BCUT2D eigenvalue weighted by molar-refractivity contribution is 5.96. The second kappa shape index (κ2) is 7.97. The molecule has 0 aliphatic carbocycles. The van der Waals surface area contributed by atoms with Crippen LogP contribution in [0.5, 0.6) is 0 Å². The van der Waals surface area contributed by atoms with Crippen molar-refractivity contribution in [2.75, 3.05) is 31.5 Å². The maximum absolute atomic E-state index is 12.6. The Morgan fingerprint density at radius 2 is 1.68 bits per heavy atom. The van der Waals surface area contributed by atoms with Gasteiger partial charge >= 0.3 is 0 Å². The van der Waals surface area contributed by atoms with Gasteiger partial charge in [0.1, 0.15) is 0 Å². The Bertz CT molecular complexity index is 601. The third-order valence-corrected chi connectivity index (χ3v) is 4.82. The van der Waals surface area contributed by atoms with Gasteiger partial charge in [0, 0.05) is 30.3 Å². The van der Waals surface area contributed by atoms with Crippen LogP contribution in [0.1, 0.15) is 37.0 Å². The minimum atomic E-state index is 0.0123. The molecule has 2 amide bonds. The zero-order valence-electron chi connectivity index (χ0n) is 15.0. The number of carbonyl (C=O) groups is 2. The van der Waals surface area contributed by atoms with Gasteiger partial charge in [-0.1, -0.05) is 0 Å². The molecule has 1 aromatic carbocycles. The van der Waals surface area contributed by atoms with E-state index in [4.69, 9.17) is 4.74 Å². The molecule has 0 bridgehead atoms. The summed E-state index contributed by atoms with van der Waals surface area (Å²) in [7, 11) is 0. The smallest absolute Gasteiger partial charge is 0.254 e. The van der Waals surface area contributed by atoms with Crippen molar-refractivity contribution in [2.24, 2.45) is 5.92 Å². The summed E-state index contributed by atoms with van der Waals surface area (Å²) < 4.78 is 5.68. The van der Waals surface area contributed by atoms with Crippen LogP contribution in [-0.2, 0) is 9.53 Å². The number of rotatable bonds is 3. The first-order valence-electron chi connectivity index (χ1n) is 9.09. The Kier molecular flexibility index (Phi) is 5.71. The molecule has 136 valence electrons. The summed E-state index contributed by atoms with van der Waals surface area (Å²) in [6.07, 6.45) is 1.85. The lowest BCUT2D eigenvalue weighted by molar-refractivity contribution is -0.120. The number of piperidine rings is 1. The maximum Gasteiger partial charge on any atom is 0.254 e. The number of morpholine rings is 1. The molecule has 2 N–H and O–H groups in total. The van der Waals surface area contributed by atoms with Crippen LogP contribution in [0.2, 0.25) is 0 Å². The molecule has 2 aliphatic heterocycles. The number of amides is 2. The Morgan fingerprint density at radius 1 is 1.08 bits per heavy atom. The van der Waals surface area contributed by atoms with Gasteiger partial charge in [-0.3, -0.25) is 9.59 Å². The first-order valence-corrected chi connectivity index (χ1v) is 9.09. The van der Waals surface area contributed by atoms with Crippen LogP contribution in [0.15, 0.2) is 24.3 Å². The zero-order valence-corrected chi connectivity index (χ0v) is 15.0. The highest BCUT2D eigenvalue weighted by Crippen LogP contribution is 2.18. The van der Waals surface area contributed by atoms with Gasteiger partial charge in [-0.25, -0.2) is 0 Å². The van der Waals surface area contributed by atoms with Crippen molar-refractivity contribution in [3.63, 3.8) is 0 Å². The van der Waals surface area contributed by atoms with Crippen LogP contribution in [0.25, 0.3) is 0 Å². The highest BCUT2D eigenvalue weighted by atomic mass is 16.5. The fraction of sp³-hybridized carbons (Fsp3) is 0.579. The van der Waals surface area contributed by atoms with Crippen molar-refractivity contribution in [2.45, 2.75) is 38.9 Å². The van der Waals surface area contributed by atoms with Crippen molar-refractivity contribution in [1.82, 2.24) is 10.2 Å². The molecule has 3 rings (SSSR count). The maximum atomic E-state index is 12.6. The molecule has 2 atom stereocenters. The van der Waals surface area contributed by atoms with E-state index in [9.17, 15) is 9.59 Å². The average Bonchev–Trinajstić information content (AvgIpc) is 2.61. The molecule has 0 spiro atoms. The Hall–Kier alpha value is -1.92. The van der Waals surface area contributed by atoms with Gasteiger partial charge in [0.15, 0.2) is 0 Å². The number of nitrogens with one attached hydrogen (secondary N) is 2. The van der Waals surface area contributed by atoms with Gasteiger partial charge in [-0.2, -0.15) is 0 Å². The molecular weight excluding hydrogens is 318 g/mol. The van der Waals surface area contributed by atoms with E-state index in [0.717, 1.165) is 31.6 Å². The SMILES string of the molecule is CC1CN(C(=O)c2ccc(NC(=O)C3CCNCC3)cc2)CC(C)O1. The fourth-order valence-electron chi connectivity index (χ4n) is 3.55. The summed E-state index contributed by atoms with van der Waals surface area (Å²) in [5.41, 5.74) is 1.38. The second-order valence-electron chi connectivity index (χ2n) is 7.06. The first-order chi connectivity index (χ1) is 12.0. The first kappa shape index (κ1) is 17.9. The third kappa shape index (κ3) is 4.58. The summed E-state index contributed by atoms with van der Waals surface area (Å²) in [6.45, 7) is 6.96. The number of hydrogen-bond donors (Lipinski definition) is 2. The molecule has 6 nitrogen and oxygen atoms in total. The average molecular weight is 345 g/mol. The zero-order chi connectivity index (χ0) is 17.8. The largest absolute Gasteiger partial charge is 0.372 e. The van der Waals surface area contributed by atoms with Crippen molar-refractivity contribution in [3.8, 4) is 0 Å². The molecule has 2 fully saturated rings. The highest BCUT2D eigenvalue weighted by Gasteiger charge is 2.26. The van der Waals surface area contributed by atoms with Crippen LogP contribution in [0.3, 0.4) is 0 Å². The summed E-state index contributed by atoms with van der Waals surface area (Å²) in [4.78, 5) is 26.8. The van der Waals surface area contributed by atoms with Crippen LogP contribution < -0.4 is 10.6 Å². The van der Waals surface area contributed by atoms with Gasteiger partial charge in [-0.05, 0) is 64.0 Å². The molecule has 25 heavy (non-hydrogen) atoms. The minimum Gasteiger partial charge on any atom is -0.372 e. The standard InChI is InChI=1S/C19H27N3O3/c1-13-11-22(12-14(2)25-13)19(24)16-3-5-17(6-4-16)21-18(23)15-7-9-20-10-8-15/h3-6,13-15,20H,7-12H2,1-2H3,(H,21,23). The van der Waals surface area contributed by atoms with Crippen LogP contribution in [0.4, 0.5) is 5.69 Å². The number of benzene rings is 1. The fourth-order valence-corrected chi connectivity index (χ4v) is 3.55. The van der Waals surface area contributed by atoms with E-state index in [2.05, 4.69) is 10.6 Å². The second-order valence-corrected chi connectivity index (χ2v) is 7.06. The molecule has 0 saturated carbocycles. The molecule has 6 heteroatoms. The van der Waals surface area contributed by atoms with Crippen LogP contribution in [0, 0.1) is 5.92 Å². The summed E-state index contributed by atoms with van der Waals surface area (Å²) in [5.74, 6) is 0.147. The van der Waals surface area contributed by atoms with Crippen molar-refractivity contribution in [1.29, 1.82) is 0 Å². The molecule has 2 saturated heterocycles. The lowest BCUT2D eigenvalue weighted by Gasteiger charge is -2.35. The Balaban J connectivity index is 1.59. The van der Waals surface area contributed by atoms with Gasteiger partial charge in [0.05, 0.1) is 12.2 Å². The molecule has 2 aliphatic rings. The van der Waals surface area contributed by atoms with Gasteiger partial charge in [0.25, 0.3) is 5.91 Å². The number of carbonyl (C=O) groups excluding carboxylic acids is 2. The molecule has 1 aromatic rings. The lowest BCUT2D eigenvalue weighted by Crippen LogP contribution is -2.48. The Morgan fingerprint density at radius 3 is 2.28 bits per heavy atom. The van der Waals surface area contributed by atoms with Crippen LogP contribution >= 0.6 is 0 Å². The summed E-state index contributed by atoms with van der Waals surface area (Å²) >= 11 is 0. The molecular formula is C19H27N3O3. The van der Waals surface area contributed by atoms with Gasteiger partial charge in [0.2, 0.25) is 5.91 Å². The van der Waals surface area contributed by atoms with E-state index in [0.29, 0.717) is 18.7 Å². The molecule has 0 aromatic heterocycles. The van der Waals surface area contributed by atoms with Gasteiger partial charge < -0.3 is 20.3 Å². The van der Waals surface area contributed by atoms with Gasteiger partial charge in [-0.15, -0.1) is 0 Å². The molecule has 0 radical (unpaired) electrons. The molecule has 2 heterocycles. The van der Waals surface area contributed by atoms with E-state index in [1.807, 2.05) is 18.7 Å². The van der Waals surface area contributed by atoms with Crippen molar-refractivity contribution >= 4 is 17.5 Å². The van der Waals surface area contributed by atoms with E-state index in [-0.39, 0.29) is 29.9 Å². The predicted octanol–water partition coefficient (Wildman–Crippen LogP) is 1.87. The summed E-state index contributed by atoms with van der Waals surface area (Å²) in [5, 5.41) is 6.22. The van der Waals surface area contributed by atoms with Crippen molar-refractivity contribution < 1.29 is 14.3 Å².